The van der Waals surface area contributed by atoms with Crippen LogP contribution in [0.2, 0.25) is 0 Å². The Balaban J connectivity index is 1.91. The number of aromatic nitrogens is 2. The first kappa shape index (κ1) is 13.8. The van der Waals surface area contributed by atoms with Gasteiger partial charge in [-0.1, -0.05) is 55.5 Å². The van der Waals surface area contributed by atoms with Gasteiger partial charge in [-0.2, -0.15) is 0 Å². The van der Waals surface area contributed by atoms with Crippen molar-refractivity contribution >= 4 is 27.5 Å². The van der Waals surface area contributed by atoms with Crippen LogP contribution in [0, 0.1) is 0 Å². The number of hydrogen-bond donors (Lipinski definition) is 1. The summed E-state index contributed by atoms with van der Waals surface area (Å²) in [4.78, 5) is 4.74. The standard InChI is InChI=1S/C20H19N3/c1-2-19-22-20-17(21)11-6-12-18(20)23(19)13-15-9-5-8-14-7-3-4-10-16(14)15/h3-12H,2,13,21H2,1H3. The molecule has 0 radical (unpaired) electrons. The molecule has 3 aromatic carbocycles. The maximum atomic E-state index is 6.10. The van der Waals surface area contributed by atoms with Crippen LogP contribution in [0.1, 0.15) is 18.3 Å². The Morgan fingerprint density at radius 1 is 0.957 bits per heavy atom. The van der Waals surface area contributed by atoms with Crippen LogP contribution in [0.3, 0.4) is 0 Å². The molecule has 0 bridgehead atoms. The largest absolute Gasteiger partial charge is 0.397 e. The van der Waals surface area contributed by atoms with E-state index in [1.807, 2.05) is 12.1 Å². The maximum Gasteiger partial charge on any atom is 0.112 e. The molecule has 1 aromatic heterocycles. The van der Waals surface area contributed by atoms with Crippen LogP contribution < -0.4 is 5.73 Å². The number of hydrogen-bond acceptors (Lipinski definition) is 2. The zero-order valence-electron chi connectivity index (χ0n) is 13.2. The van der Waals surface area contributed by atoms with Crippen molar-refractivity contribution in [3.63, 3.8) is 0 Å². The highest BCUT2D eigenvalue weighted by Crippen LogP contribution is 2.25. The van der Waals surface area contributed by atoms with Crippen molar-refractivity contribution in [1.29, 1.82) is 0 Å². The van der Waals surface area contributed by atoms with Crippen molar-refractivity contribution in [2.24, 2.45) is 0 Å². The molecule has 0 spiro atoms. The molecule has 114 valence electrons. The highest BCUT2D eigenvalue weighted by Gasteiger charge is 2.12. The number of rotatable bonds is 3. The Labute approximate surface area is 135 Å². The number of nitrogen functional groups attached to an aromatic ring is 1. The third kappa shape index (κ3) is 2.25. The van der Waals surface area contributed by atoms with E-state index in [1.54, 1.807) is 0 Å². The van der Waals surface area contributed by atoms with Gasteiger partial charge in [0, 0.05) is 13.0 Å². The van der Waals surface area contributed by atoms with Gasteiger partial charge >= 0.3 is 0 Å². The van der Waals surface area contributed by atoms with E-state index >= 15 is 0 Å². The van der Waals surface area contributed by atoms with E-state index in [1.165, 1.54) is 16.3 Å². The SMILES string of the molecule is CCc1nc2c(N)cccc2n1Cc1cccc2ccccc12. The van der Waals surface area contributed by atoms with Crippen LogP contribution in [0.15, 0.2) is 60.7 Å². The normalized spacial score (nSPS) is 11.3. The number of nitrogens with two attached hydrogens (primary N) is 1. The maximum absolute atomic E-state index is 6.10. The summed E-state index contributed by atoms with van der Waals surface area (Å²) >= 11 is 0. The van der Waals surface area contributed by atoms with E-state index in [9.17, 15) is 0 Å². The molecule has 3 nitrogen and oxygen atoms in total. The molecule has 23 heavy (non-hydrogen) atoms. The second kappa shape index (κ2) is 5.43. The molecule has 0 atom stereocenters. The van der Waals surface area contributed by atoms with E-state index in [4.69, 9.17) is 10.7 Å². The van der Waals surface area contributed by atoms with Gasteiger partial charge in [-0.3, -0.25) is 0 Å². The number of anilines is 1. The van der Waals surface area contributed by atoms with Crippen LogP contribution in [0.25, 0.3) is 21.8 Å². The van der Waals surface area contributed by atoms with Gasteiger partial charge in [-0.05, 0) is 28.5 Å². The lowest BCUT2D eigenvalue weighted by Crippen LogP contribution is -2.04. The molecule has 0 unspecified atom stereocenters. The second-order valence-electron chi connectivity index (χ2n) is 5.82. The first-order valence-electron chi connectivity index (χ1n) is 7.98. The number of para-hydroxylation sites is 1. The highest BCUT2D eigenvalue weighted by atomic mass is 15.1. The van der Waals surface area contributed by atoms with Gasteiger partial charge in [0.05, 0.1) is 11.2 Å². The van der Waals surface area contributed by atoms with Crippen LogP contribution in [-0.4, -0.2) is 9.55 Å². The Morgan fingerprint density at radius 2 is 1.74 bits per heavy atom. The van der Waals surface area contributed by atoms with Crippen molar-refractivity contribution in [2.75, 3.05) is 5.73 Å². The first-order valence-corrected chi connectivity index (χ1v) is 7.98. The van der Waals surface area contributed by atoms with Crippen LogP contribution in [0.5, 0.6) is 0 Å². The second-order valence-corrected chi connectivity index (χ2v) is 5.82. The Kier molecular flexibility index (Phi) is 3.27. The summed E-state index contributed by atoms with van der Waals surface area (Å²) in [5.41, 5.74) is 10.2. The number of aryl methyl sites for hydroxylation is 1. The van der Waals surface area contributed by atoms with Crippen LogP contribution in [-0.2, 0) is 13.0 Å². The lowest BCUT2D eigenvalue weighted by atomic mass is 10.0. The summed E-state index contributed by atoms with van der Waals surface area (Å²) in [7, 11) is 0. The molecular weight excluding hydrogens is 282 g/mol. The average Bonchev–Trinajstić information content (AvgIpc) is 2.95. The van der Waals surface area contributed by atoms with Crippen molar-refractivity contribution in [3.8, 4) is 0 Å². The highest BCUT2D eigenvalue weighted by molar-refractivity contribution is 5.88. The molecule has 4 aromatic rings. The molecule has 0 aliphatic carbocycles. The fourth-order valence-corrected chi connectivity index (χ4v) is 3.26. The summed E-state index contributed by atoms with van der Waals surface area (Å²) in [6.45, 7) is 2.95. The van der Waals surface area contributed by atoms with Crippen molar-refractivity contribution in [2.45, 2.75) is 19.9 Å². The lowest BCUT2D eigenvalue weighted by Gasteiger charge is -2.11. The number of nitrogens with zero attached hydrogens (tertiary/aromatic N) is 2. The number of fused-ring (bicyclic) bond motifs is 2. The summed E-state index contributed by atoms with van der Waals surface area (Å²) in [6.07, 6.45) is 0.888. The Bertz CT molecular complexity index is 993. The number of imidazole rings is 1. The average molecular weight is 301 g/mol. The molecule has 0 fully saturated rings. The number of benzene rings is 3. The molecule has 1 heterocycles. The quantitative estimate of drug-likeness (QED) is 0.571. The zero-order valence-corrected chi connectivity index (χ0v) is 13.2. The topological polar surface area (TPSA) is 43.8 Å². The van der Waals surface area contributed by atoms with Crippen molar-refractivity contribution in [1.82, 2.24) is 9.55 Å². The van der Waals surface area contributed by atoms with Gasteiger partial charge in [0.25, 0.3) is 0 Å². The van der Waals surface area contributed by atoms with E-state index < -0.39 is 0 Å². The van der Waals surface area contributed by atoms with Gasteiger partial charge < -0.3 is 10.3 Å². The van der Waals surface area contributed by atoms with E-state index in [0.717, 1.165) is 35.5 Å². The van der Waals surface area contributed by atoms with Gasteiger partial charge in [0.1, 0.15) is 11.3 Å². The van der Waals surface area contributed by atoms with Gasteiger partial charge in [0.2, 0.25) is 0 Å². The minimum absolute atomic E-state index is 0.744. The minimum Gasteiger partial charge on any atom is -0.397 e. The molecule has 2 N–H and O–H groups in total. The molecule has 4 rings (SSSR count). The Hall–Kier alpha value is -2.81. The summed E-state index contributed by atoms with van der Waals surface area (Å²) in [5, 5.41) is 2.56. The lowest BCUT2D eigenvalue weighted by molar-refractivity contribution is 0.757. The van der Waals surface area contributed by atoms with Crippen molar-refractivity contribution < 1.29 is 0 Å². The summed E-state index contributed by atoms with van der Waals surface area (Å²) in [6, 6.07) is 21.0. The fourth-order valence-electron chi connectivity index (χ4n) is 3.26. The smallest absolute Gasteiger partial charge is 0.112 e. The molecular formula is C20H19N3. The Morgan fingerprint density at radius 3 is 2.61 bits per heavy atom. The molecule has 0 aliphatic rings. The minimum atomic E-state index is 0.744. The zero-order chi connectivity index (χ0) is 15.8. The fraction of sp³-hybridized carbons (Fsp3) is 0.150. The van der Waals surface area contributed by atoms with Crippen LogP contribution in [0.4, 0.5) is 5.69 Å². The van der Waals surface area contributed by atoms with E-state index in [0.29, 0.717) is 0 Å². The third-order valence-corrected chi connectivity index (χ3v) is 4.41. The summed E-state index contributed by atoms with van der Waals surface area (Å²) < 4.78 is 2.29. The first-order chi connectivity index (χ1) is 11.3. The van der Waals surface area contributed by atoms with E-state index in [2.05, 4.69) is 60.0 Å². The predicted molar refractivity (Wildman–Crippen MR) is 96.6 cm³/mol. The molecule has 0 amide bonds. The third-order valence-electron chi connectivity index (χ3n) is 4.41. The molecule has 0 saturated heterocycles. The monoisotopic (exact) mass is 301 g/mol. The van der Waals surface area contributed by atoms with Gasteiger partial charge in [0.15, 0.2) is 0 Å². The van der Waals surface area contributed by atoms with E-state index in [-0.39, 0.29) is 0 Å². The van der Waals surface area contributed by atoms with Gasteiger partial charge in [-0.25, -0.2) is 4.98 Å². The van der Waals surface area contributed by atoms with Crippen LogP contribution >= 0.6 is 0 Å². The predicted octanol–water partition coefficient (Wildman–Crippen LogP) is 4.38. The molecule has 3 heteroatoms. The molecule has 0 saturated carbocycles. The summed E-state index contributed by atoms with van der Waals surface area (Å²) in [5.74, 6) is 1.07. The van der Waals surface area contributed by atoms with Crippen molar-refractivity contribution in [3.05, 3.63) is 72.1 Å². The molecule has 0 aliphatic heterocycles. The van der Waals surface area contributed by atoms with Gasteiger partial charge in [-0.15, -0.1) is 0 Å².